The third-order valence-electron chi connectivity index (χ3n) is 5.37. The van der Waals surface area contributed by atoms with Crippen LogP contribution in [0.15, 0.2) is 71.6 Å². The number of benzene rings is 3. The van der Waals surface area contributed by atoms with Gasteiger partial charge in [0.05, 0.1) is 12.0 Å². The van der Waals surface area contributed by atoms with Gasteiger partial charge in [-0.3, -0.25) is 9.52 Å². The molecule has 0 unspecified atom stereocenters. The minimum absolute atomic E-state index is 0.0760. The van der Waals surface area contributed by atoms with Crippen LogP contribution in [0.4, 0.5) is 11.4 Å². The van der Waals surface area contributed by atoms with Gasteiger partial charge in [-0.2, -0.15) is 0 Å². The first kappa shape index (κ1) is 20.9. The Morgan fingerprint density at radius 2 is 1.71 bits per heavy atom. The van der Waals surface area contributed by atoms with Crippen molar-refractivity contribution in [3.8, 4) is 5.75 Å². The Hall–Kier alpha value is -3.32. The molecule has 0 bridgehead atoms. The summed E-state index contributed by atoms with van der Waals surface area (Å²) in [5.74, 6) is 0.572. The maximum absolute atomic E-state index is 13.0. The predicted octanol–water partition coefficient (Wildman–Crippen LogP) is 4.40. The van der Waals surface area contributed by atoms with E-state index in [4.69, 9.17) is 4.74 Å². The van der Waals surface area contributed by atoms with Crippen molar-refractivity contribution in [1.82, 2.24) is 0 Å². The fraction of sp³-hybridized carbons (Fsp3) is 0.208. The molecule has 1 N–H and O–H groups in total. The highest BCUT2D eigenvalue weighted by Gasteiger charge is 2.25. The van der Waals surface area contributed by atoms with Gasteiger partial charge in [0.25, 0.3) is 15.9 Å². The first-order valence-corrected chi connectivity index (χ1v) is 11.5. The lowest BCUT2D eigenvalue weighted by molar-refractivity contribution is 0.0985. The van der Waals surface area contributed by atoms with Crippen LogP contribution in [0.5, 0.6) is 5.75 Å². The van der Waals surface area contributed by atoms with Crippen molar-refractivity contribution in [3.63, 3.8) is 0 Å². The number of nitrogens with zero attached hydrogens (tertiary/aromatic N) is 1. The number of hydrogen-bond acceptors (Lipinski definition) is 4. The van der Waals surface area contributed by atoms with Crippen LogP contribution in [0.1, 0.15) is 27.9 Å². The summed E-state index contributed by atoms with van der Waals surface area (Å²) >= 11 is 0. The van der Waals surface area contributed by atoms with Crippen molar-refractivity contribution in [2.75, 3.05) is 23.3 Å². The average molecular weight is 437 g/mol. The molecule has 3 aromatic rings. The molecule has 31 heavy (non-hydrogen) atoms. The molecule has 1 heterocycles. The summed E-state index contributed by atoms with van der Waals surface area (Å²) in [5.41, 5.74) is 3.78. The lowest BCUT2D eigenvalue weighted by Gasteiger charge is -2.30. The summed E-state index contributed by atoms with van der Waals surface area (Å²) < 4.78 is 33.5. The van der Waals surface area contributed by atoms with E-state index in [-0.39, 0.29) is 10.8 Å². The second-order valence-electron chi connectivity index (χ2n) is 7.55. The maximum atomic E-state index is 13.0. The van der Waals surface area contributed by atoms with Gasteiger partial charge in [0.1, 0.15) is 5.75 Å². The number of carbonyl (C=O) groups excluding carboxylic acids is 1. The molecule has 0 fully saturated rings. The second kappa shape index (κ2) is 8.43. The average Bonchev–Trinajstić information content (AvgIpc) is 2.78. The van der Waals surface area contributed by atoms with E-state index in [0.717, 1.165) is 29.7 Å². The Morgan fingerprint density at radius 1 is 1.00 bits per heavy atom. The number of methoxy groups -OCH3 is 1. The zero-order chi connectivity index (χ0) is 22.0. The number of anilines is 2. The van der Waals surface area contributed by atoms with Gasteiger partial charge in [0, 0.05) is 23.5 Å². The normalized spacial score (nSPS) is 13.4. The third-order valence-corrected chi connectivity index (χ3v) is 6.74. The van der Waals surface area contributed by atoms with E-state index < -0.39 is 10.0 Å². The highest BCUT2D eigenvalue weighted by molar-refractivity contribution is 7.92. The first-order chi connectivity index (χ1) is 14.9. The van der Waals surface area contributed by atoms with Crippen molar-refractivity contribution in [1.29, 1.82) is 0 Å². The minimum Gasteiger partial charge on any atom is -0.497 e. The molecule has 0 aliphatic carbocycles. The lowest BCUT2D eigenvalue weighted by Crippen LogP contribution is -2.35. The van der Waals surface area contributed by atoms with E-state index in [1.807, 2.05) is 31.2 Å². The zero-order valence-corrected chi connectivity index (χ0v) is 18.3. The first-order valence-electron chi connectivity index (χ1n) is 10.1. The molecule has 0 radical (unpaired) electrons. The van der Waals surface area contributed by atoms with E-state index in [2.05, 4.69) is 4.72 Å². The van der Waals surface area contributed by atoms with Crippen LogP contribution in [0.25, 0.3) is 0 Å². The van der Waals surface area contributed by atoms with Crippen molar-refractivity contribution >= 4 is 27.3 Å². The third kappa shape index (κ3) is 4.41. The molecule has 0 spiro atoms. The molecule has 1 aliphatic heterocycles. The fourth-order valence-corrected chi connectivity index (χ4v) is 4.79. The minimum atomic E-state index is -3.76. The molecular weight excluding hydrogens is 412 g/mol. The largest absolute Gasteiger partial charge is 0.497 e. The molecule has 3 aromatic carbocycles. The summed E-state index contributed by atoms with van der Waals surface area (Å²) in [4.78, 5) is 14.9. The molecule has 4 rings (SSSR count). The molecule has 6 nitrogen and oxygen atoms in total. The maximum Gasteiger partial charge on any atom is 0.261 e. The number of hydrogen-bond donors (Lipinski definition) is 1. The van der Waals surface area contributed by atoms with Crippen LogP contribution in [0, 0.1) is 6.92 Å². The van der Waals surface area contributed by atoms with E-state index in [0.29, 0.717) is 23.5 Å². The highest BCUT2D eigenvalue weighted by Crippen LogP contribution is 2.31. The monoisotopic (exact) mass is 436 g/mol. The van der Waals surface area contributed by atoms with E-state index in [9.17, 15) is 13.2 Å². The molecule has 7 heteroatoms. The van der Waals surface area contributed by atoms with Gasteiger partial charge in [-0.25, -0.2) is 8.42 Å². The van der Waals surface area contributed by atoms with Gasteiger partial charge in [0.2, 0.25) is 0 Å². The van der Waals surface area contributed by atoms with Crippen molar-refractivity contribution in [3.05, 3.63) is 83.4 Å². The van der Waals surface area contributed by atoms with Gasteiger partial charge in [-0.15, -0.1) is 0 Å². The highest BCUT2D eigenvalue weighted by atomic mass is 32.2. The Bertz CT molecular complexity index is 1200. The summed E-state index contributed by atoms with van der Waals surface area (Å²) in [5, 5.41) is 0. The van der Waals surface area contributed by atoms with Crippen LogP contribution < -0.4 is 14.4 Å². The molecule has 0 saturated heterocycles. The molecule has 0 aromatic heterocycles. The molecule has 0 saturated carbocycles. The molecule has 0 atom stereocenters. The Morgan fingerprint density at radius 3 is 2.39 bits per heavy atom. The van der Waals surface area contributed by atoms with Gasteiger partial charge in [0.15, 0.2) is 0 Å². The van der Waals surface area contributed by atoms with E-state index in [1.165, 1.54) is 0 Å². The number of rotatable bonds is 5. The topological polar surface area (TPSA) is 75.7 Å². The number of amides is 1. The van der Waals surface area contributed by atoms with E-state index in [1.54, 1.807) is 54.5 Å². The molecular formula is C24H24N2O4S. The SMILES string of the molecule is COc1ccc(NS(=O)(=O)c2ccc3c(c2)CCCN3C(=O)c2ccc(C)cc2)cc1. The lowest BCUT2D eigenvalue weighted by atomic mass is 10.0. The van der Waals surface area contributed by atoms with Gasteiger partial charge < -0.3 is 9.64 Å². The smallest absolute Gasteiger partial charge is 0.261 e. The Labute approximate surface area is 182 Å². The second-order valence-corrected chi connectivity index (χ2v) is 9.23. The number of sulfonamides is 1. The summed E-state index contributed by atoms with van der Waals surface area (Å²) in [6.07, 6.45) is 1.50. The zero-order valence-electron chi connectivity index (χ0n) is 17.5. The molecule has 1 aliphatic rings. The van der Waals surface area contributed by atoms with Crippen molar-refractivity contribution in [2.24, 2.45) is 0 Å². The van der Waals surface area contributed by atoms with Crippen LogP contribution in [0.3, 0.4) is 0 Å². The van der Waals surface area contributed by atoms with Crippen molar-refractivity contribution in [2.45, 2.75) is 24.7 Å². The number of carbonyl (C=O) groups is 1. The van der Waals surface area contributed by atoms with Crippen LogP contribution in [0.2, 0.25) is 0 Å². The number of aryl methyl sites for hydroxylation is 2. The van der Waals surface area contributed by atoms with Crippen LogP contribution >= 0.6 is 0 Å². The fourth-order valence-electron chi connectivity index (χ4n) is 3.68. The summed E-state index contributed by atoms with van der Waals surface area (Å²) in [7, 11) is -2.20. The van der Waals surface area contributed by atoms with Gasteiger partial charge in [-0.05, 0) is 79.9 Å². The van der Waals surface area contributed by atoms with E-state index >= 15 is 0 Å². The Kier molecular flexibility index (Phi) is 5.69. The quantitative estimate of drug-likeness (QED) is 0.643. The van der Waals surface area contributed by atoms with Crippen molar-refractivity contribution < 1.29 is 17.9 Å². The van der Waals surface area contributed by atoms with Crippen LogP contribution in [-0.4, -0.2) is 28.0 Å². The number of nitrogens with one attached hydrogen (secondary N) is 1. The van der Waals surface area contributed by atoms with Gasteiger partial charge >= 0.3 is 0 Å². The molecule has 160 valence electrons. The van der Waals surface area contributed by atoms with Gasteiger partial charge in [-0.1, -0.05) is 17.7 Å². The predicted molar refractivity (Wildman–Crippen MR) is 121 cm³/mol. The number of ether oxygens (including phenoxy) is 1. The number of fused-ring (bicyclic) bond motifs is 1. The standard InChI is InChI=1S/C24H24N2O4S/c1-17-5-7-18(8-6-17)24(27)26-15-3-4-19-16-22(13-14-23(19)26)31(28,29)25-20-9-11-21(30-2)12-10-20/h5-14,16,25H,3-4,15H2,1-2H3. The summed E-state index contributed by atoms with van der Waals surface area (Å²) in [6.45, 7) is 2.59. The van der Waals surface area contributed by atoms with Crippen LogP contribution in [-0.2, 0) is 16.4 Å². The Balaban J connectivity index is 1.60. The molecule has 1 amide bonds. The summed E-state index contributed by atoms with van der Waals surface area (Å²) in [6, 6.07) is 19.1.